The fourth-order valence-electron chi connectivity index (χ4n) is 2.92. The van der Waals surface area contributed by atoms with Gasteiger partial charge in [-0.25, -0.2) is 4.39 Å². The van der Waals surface area contributed by atoms with E-state index >= 15 is 0 Å². The second-order valence-corrected chi connectivity index (χ2v) is 7.61. The van der Waals surface area contributed by atoms with Gasteiger partial charge in [0.05, 0.1) is 6.42 Å². The molecule has 0 heterocycles. The molecule has 1 amide bonds. The van der Waals surface area contributed by atoms with Gasteiger partial charge in [0.25, 0.3) is 0 Å². The number of carbonyl (C=O) groups excluding carboxylic acids is 1. The first-order valence-electron chi connectivity index (χ1n) is 8.83. The van der Waals surface area contributed by atoms with Crippen LogP contribution in [0.3, 0.4) is 0 Å². The molecule has 0 aromatic heterocycles. The zero-order valence-electron chi connectivity index (χ0n) is 15.5. The standard InChI is InChI=1S/C23H22FNOS/c1-16-12-21(27-15-19-8-10-20(24)11-9-19)13-17(2)23(16)25-22(26)14-18-6-4-3-5-7-18/h3-13H,14-15H2,1-2H3,(H,25,26). The lowest BCUT2D eigenvalue weighted by Gasteiger charge is -2.14. The number of nitrogens with one attached hydrogen (secondary N) is 1. The van der Waals surface area contributed by atoms with Gasteiger partial charge in [0.2, 0.25) is 5.91 Å². The number of benzene rings is 3. The average Bonchev–Trinajstić information content (AvgIpc) is 2.65. The Morgan fingerprint density at radius 1 is 0.926 bits per heavy atom. The maximum atomic E-state index is 13.0. The van der Waals surface area contributed by atoms with E-state index in [1.807, 2.05) is 44.2 Å². The van der Waals surface area contributed by atoms with Crippen molar-refractivity contribution in [2.45, 2.75) is 30.9 Å². The summed E-state index contributed by atoms with van der Waals surface area (Å²) >= 11 is 1.70. The van der Waals surface area contributed by atoms with E-state index in [1.54, 1.807) is 23.9 Å². The number of anilines is 1. The molecule has 0 atom stereocenters. The SMILES string of the molecule is Cc1cc(SCc2ccc(F)cc2)cc(C)c1NC(=O)Cc1ccccc1. The molecule has 0 aliphatic rings. The van der Waals surface area contributed by atoms with Crippen molar-refractivity contribution in [2.24, 2.45) is 0 Å². The van der Waals surface area contributed by atoms with Crippen LogP contribution in [0.2, 0.25) is 0 Å². The smallest absolute Gasteiger partial charge is 0.228 e. The molecule has 138 valence electrons. The van der Waals surface area contributed by atoms with Crippen LogP contribution >= 0.6 is 11.8 Å². The molecule has 0 aliphatic heterocycles. The summed E-state index contributed by atoms with van der Waals surface area (Å²) in [6, 6.07) is 20.5. The van der Waals surface area contributed by atoms with E-state index < -0.39 is 0 Å². The number of amides is 1. The first-order valence-corrected chi connectivity index (χ1v) is 9.82. The largest absolute Gasteiger partial charge is 0.325 e. The second kappa shape index (κ2) is 8.87. The molecule has 3 aromatic carbocycles. The van der Waals surface area contributed by atoms with Crippen molar-refractivity contribution in [1.29, 1.82) is 0 Å². The highest BCUT2D eigenvalue weighted by Crippen LogP contribution is 2.30. The lowest BCUT2D eigenvalue weighted by atomic mass is 10.1. The van der Waals surface area contributed by atoms with Gasteiger partial charge in [-0.3, -0.25) is 4.79 Å². The summed E-state index contributed by atoms with van der Waals surface area (Å²) in [6.07, 6.45) is 0.362. The maximum absolute atomic E-state index is 13.0. The van der Waals surface area contributed by atoms with Crippen molar-refractivity contribution in [1.82, 2.24) is 0 Å². The van der Waals surface area contributed by atoms with Crippen LogP contribution in [-0.4, -0.2) is 5.91 Å². The maximum Gasteiger partial charge on any atom is 0.228 e. The van der Waals surface area contributed by atoms with Gasteiger partial charge in [0.1, 0.15) is 5.82 Å². The zero-order chi connectivity index (χ0) is 19.2. The highest BCUT2D eigenvalue weighted by atomic mass is 32.2. The Hall–Kier alpha value is -2.59. The van der Waals surface area contributed by atoms with Gasteiger partial charge in [-0.1, -0.05) is 42.5 Å². The van der Waals surface area contributed by atoms with E-state index in [4.69, 9.17) is 0 Å². The number of thioether (sulfide) groups is 1. The normalized spacial score (nSPS) is 10.6. The first-order chi connectivity index (χ1) is 13.0. The lowest BCUT2D eigenvalue weighted by molar-refractivity contribution is -0.115. The highest BCUT2D eigenvalue weighted by molar-refractivity contribution is 7.98. The summed E-state index contributed by atoms with van der Waals surface area (Å²) in [4.78, 5) is 13.5. The van der Waals surface area contributed by atoms with Crippen LogP contribution in [0.25, 0.3) is 0 Å². The number of aryl methyl sites for hydroxylation is 2. The quantitative estimate of drug-likeness (QED) is 0.539. The van der Waals surface area contributed by atoms with Gasteiger partial charge in [-0.15, -0.1) is 11.8 Å². The first kappa shape index (κ1) is 19.2. The third kappa shape index (κ3) is 5.44. The van der Waals surface area contributed by atoms with Crippen molar-refractivity contribution in [2.75, 3.05) is 5.32 Å². The Labute approximate surface area is 163 Å². The Bertz CT molecular complexity index is 900. The van der Waals surface area contributed by atoms with E-state index in [9.17, 15) is 9.18 Å². The van der Waals surface area contributed by atoms with Crippen molar-refractivity contribution >= 4 is 23.4 Å². The van der Waals surface area contributed by atoms with Crippen LogP contribution in [0.15, 0.2) is 71.6 Å². The van der Waals surface area contributed by atoms with Gasteiger partial charge in [0.15, 0.2) is 0 Å². The minimum Gasteiger partial charge on any atom is -0.325 e. The Balaban J connectivity index is 1.65. The Morgan fingerprint density at radius 2 is 1.56 bits per heavy atom. The topological polar surface area (TPSA) is 29.1 Å². The molecule has 0 saturated heterocycles. The average molecular weight is 380 g/mol. The highest BCUT2D eigenvalue weighted by Gasteiger charge is 2.10. The molecule has 1 N–H and O–H groups in total. The molecule has 0 fully saturated rings. The molecule has 0 saturated carbocycles. The van der Waals surface area contributed by atoms with Crippen molar-refractivity contribution in [3.8, 4) is 0 Å². The zero-order valence-corrected chi connectivity index (χ0v) is 16.3. The van der Waals surface area contributed by atoms with E-state index in [0.29, 0.717) is 6.42 Å². The molecular formula is C23H22FNOS. The fourth-order valence-corrected chi connectivity index (χ4v) is 3.96. The number of rotatable bonds is 6. The molecule has 4 heteroatoms. The van der Waals surface area contributed by atoms with Crippen LogP contribution < -0.4 is 5.32 Å². The van der Waals surface area contributed by atoms with Crippen molar-refractivity contribution in [3.63, 3.8) is 0 Å². The minimum atomic E-state index is -0.217. The predicted molar refractivity (Wildman–Crippen MR) is 111 cm³/mol. The van der Waals surface area contributed by atoms with Gasteiger partial charge < -0.3 is 5.32 Å². The Morgan fingerprint density at radius 3 is 2.19 bits per heavy atom. The summed E-state index contributed by atoms with van der Waals surface area (Å²) in [6.45, 7) is 4.01. The predicted octanol–water partition coefficient (Wildman–Crippen LogP) is 5.92. The fraction of sp³-hybridized carbons (Fsp3) is 0.174. The molecule has 3 rings (SSSR count). The summed E-state index contributed by atoms with van der Waals surface area (Å²) in [5.41, 5.74) is 5.03. The summed E-state index contributed by atoms with van der Waals surface area (Å²) in [5.74, 6) is 0.545. The molecular weight excluding hydrogens is 357 g/mol. The summed E-state index contributed by atoms with van der Waals surface area (Å²) in [7, 11) is 0. The summed E-state index contributed by atoms with van der Waals surface area (Å²) < 4.78 is 13.0. The van der Waals surface area contributed by atoms with E-state index in [2.05, 4.69) is 17.4 Å². The number of hydrogen-bond donors (Lipinski definition) is 1. The van der Waals surface area contributed by atoms with Crippen molar-refractivity contribution in [3.05, 3.63) is 94.8 Å². The molecule has 0 radical (unpaired) electrons. The number of halogens is 1. The Kier molecular flexibility index (Phi) is 6.30. The van der Waals surface area contributed by atoms with Crippen LogP contribution in [0.4, 0.5) is 10.1 Å². The molecule has 0 aliphatic carbocycles. The lowest BCUT2D eigenvalue weighted by Crippen LogP contribution is -2.16. The van der Waals surface area contributed by atoms with Gasteiger partial charge in [-0.2, -0.15) is 0 Å². The number of hydrogen-bond acceptors (Lipinski definition) is 2. The molecule has 0 spiro atoms. The van der Waals surface area contributed by atoms with Crippen LogP contribution in [-0.2, 0) is 17.0 Å². The van der Waals surface area contributed by atoms with Gasteiger partial charge >= 0.3 is 0 Å². The molecule has 0 unspecified atom stereocenters. The third-order valence-corrected chi connectivity index (χ3v) is 5.34. The van der Waals surface area contributed by atoms with E-state index in [1.165, 1.54) is 12.1 Å². The van der Waals surface area contributed by atoms with E-state index in [-0.39, 0.29) is 11.7 Å². The molecule has 3 aromatic rings. The summed E-state index contributed by atoms with van der Waals surface area (Å²) in [5, 5.41) is 3.04. The molecule has 2 nitrogen and oxygen atoms in total. The minimum absolute atomic E-state index is 0.0147. The van der Waals surface area contributed by atoms with Gasteiger partial charge in [0, 0.05) is 16.3 Å². The van der Waals surface area contributed by atoms with Gasteiger partial charge in [-0.05, 0) is 60.4 Å². The van der Waals surface area contributed by atoms with Crippen LogP contribution in [0.1, 0.15) is 22.3 Å². The second-order valence-electron chi connectivity index (χ2n) is 6.56. The third-order valence-electron chi connectivity index (χ3n) is 4.30. The van der Waals surface area contributed by atoms with Crippen LogP contribution in [0.5, 0.6) is 0 Å². The van der Waals surface area contributed by atoms with E-state index in [0.717, 1.165) is 38.6 Å². The molecule has 27 heavy (non-hydrogen) atoms. The number of carbonyl (C=O) groups is 1. The monoisotopic (exact) mass is 379 g/mol. The van der Waals surface area contributed by atoms with Crippen LogP contribution in [0, 0.1) is 19.7 Å². The van der Waals surface area contributed by atoms with Crippen molar-refractivity contribution < 1.29 is 9.18 Å². The molecule has 0 bridgehead atoms.